The number of rotatable bonds is 2. The predicted octanol–water partition coefficient (Wildman–Crippen LogP) is 2.97. The molecule has 1 fully saturated rings. The highest BCUT2D eigenvalue weighted by Gasteiger charge is 2.27. The van der Waals surface area contributed by atoms with Crippen molar-refractivity contribution in [2.75, 3.05) is 13.1 Å². The molecular formula is C13H17F2NO. The lowest BCUT2D eigenvalue weighted by Crippen LogP contribution is -2.26. The van der Waals surface area contributed by atoms with E-state index >= 15 is 0 Å². The lowest BCUT2D eigenvalue weighted by molar-refractivity contribution is 0.0173. The molecule has 1 aliphatic rings. The van der Waals surface area contributed by atoms with Gasteiger partial charge in [0.15, 0.2) is 0 Å². The number of halogens is 2. The van der Waals surface area contributed by atoms with Crippen LogP contribution in [-0.4, -0.2) is 18.2 Å². The second-order valence-corrected chi connectivity index (χ2v) is 4.69. The third-order valence-corrected chi connectivity index (χ3v) is 3.31. The third-order valence-electron chi connectivity index (χ3n) is 3.31. The molecule has 0 unspecified atom stereocenters. The van der Waals surface area contributed by atoms with Crippen molar-refractivity contribution in [1.29, 1.82) is 0 Å². The predicted molar refractivity (Wildman–Crippen MR) is 62.5 cm³/mol. The van der Waals surface area contributed by atoms with Crippen molar-refractivity contribution in [2.45, 2.75) is 31.6 Å². The van der Waals surface area contributed by atoms with Crippen LogP contribution < -0.4 is 5.32 Å². The van der Waals surface area contributed by atoms with Crippen LogP contribution >= 0.6 is 0 Å². The minimum Gasteiger partial charge on any atom is -0.508 e. The number of phenols is 1. The molecule has 1 aliphatic heterocycles. The fraction of sp³-hybridized carbons (Fsp3) is 0.538. The summed E-state index contributed by atoms with van der Waals surface area (Å²) in [4.78, 5) is 0. The first-order chi connectivity index (χ1) is 7.98. The Morgan fingerprint density at radius 2 is 1.94 bits per heavy atom. The highest BCUT2D eigenvalue weighted by Crippen LogP contribution is 2.36. The number of benzene rings is 1. The van der Waals surface area contributed by atoms with Crippen LogP contribution in [0.4, 0.5) is 8.78 Å². The van der Waals surface area contributed by atoms with Crippen LogP contribution in [0, 0.1) is 0 Å². The molecule has 0 radical (unpaired) electrons. The van der Waals surface area contributed by atoms with Crippen LogP contribution in [0.5, 0.6) is 5.75 Å². The second-order valence-electron chi connectivity index (χ2n) is 4.69. The van der Waals surface area contributed by atoms with E-state index in [0.29, 0.717) is 5.56 Å². The van der Waals surface area contributed by atoms with Crippen LogP contribution in [0.25, 0.3) is 0 Å². The summed E-state index contributed by atoms with van der Waals surface area (Å²) in [6.07, 6.45) is 1.76. The van der Waals surface area contributed by atoms with Crippen molar-refractivity contribution in [1.82, 2.24) is 5.32 Å². The Hall–Kier alpha value is -1.16. The van der Waals surface area contributed by atoms with Gasteiger partial charge in [-0.2, -0.15) is 0 Å². The van der Waals surface area contributed by atoms with Gasteiger partial charge < -0.3 is 10.4 Å². The molecule has 0 aromatic heterocycles. The lowest BCUT2D eigenvalue weighted by atomic mass is 9.88. The first-order valence-corrected chi connectivity index (χ1v) is 5.90. The summed E-state index contributed by atoms with van der Waals surface area (Å²) >= 11 is 0. The van der Waals surface area contributed by atoms with Gasteiger partial charge in [-0.3, -0.25) is 0 Å². The zero-order valence-electron chi connectivity index (χ0n) is 9.84. The molecule has 94 valence electrons. The summed E-state index contributed by atoms with van der Waals surface area (Å²) in [6, 6.07) is 4.12. The van der Waals surface area contributed by atoms with Gasteiger partial charge in [-0.05, 0) is 55.6 Å². The average Bonchev–Trinajstić information content (AvgIpc) is 2.29. The third kappa shape index (κ3) is 2.75. The Kier molecular flexibility index (Phi) is 3.33. The van der Waals surface area contributed by atoms with E-state index in [-0.39, 0.29) is 17.2 Å². The van der Waals surface area contributed by atoms with Gasteiger partial charge in [0.2, 0.25) is 0 Å². The van der Waals surface area contributed by atoms with E-state index in [4.69, 9.17) is 0 Å². The van der Waals surface area contributed by atoms with Crippen molar-refractivity contribution in [2.24, 2.45) is 0 Å². The van der Waals surface area contributed by atoms with Gasteiger partial charge in [0.1, 0.15) is 5.75 Å². The van der Waals surface area contributed by atoms with Gasteiger partial charge in [0.25, 0.3) is 5.92 Å². The first kappa shape index (κ1) is 12.3. The first-order valence-electron chi connectivity index (χ1n) is 5.90. The maximum absolute atomic E-state index is 13.2. The zero-order valence-corrected chi connectivity index (χ0v) is 9.84. The Labute approximate surface area is 99.7 Å². The topological polar surface area (TPSA) is 32.3 Å². The van der Waals surface area contributed by atoms with E-state index in [1.165, 1.54) is 18.2 Å². The SMILES string of the molecule is CC(F)(F)c1ccc(O)c(C2CCNCC2)c1. The Balaban J connectivity index is 2.31. The molecule has 1 aromatic rings. The number of hydrogen-bond acceptors (Lipinski definition) is 2. The molecule has 0 aliphatic carbocycles. The van der Waals surface area contributed by atoms with Crippen LogP contribution in [-0.2, 0) is 5.92 Å². The number of hydrogen-bond donors (Lipinski definition) is 2. The minimum absolute atomic E-state index is 0.0242. The quantitative estimate of drug-likeness (QED) is 0.834. The summed E-state index contributed by atoms with van der Waals surface area (Å²) in [5, 5.41) is 13.0. The largest absolute Gasteiger partial charge is 0.508 e. The standard InChI is InChI=1S/C13H17F2NO/c1-13(14,15)10-2-3-12(17)11(8-10)9-4-6-16-7-5-9/h2-3,8-9,16-17H,4-7H2,1H3. The molecule has 17 heavy (non-hydrogen) atoms. The van der Waals surface area contributed by atoms with Crippen LogP contribution in [0.15, 0.2) is 18.2 Å². The molecule has 0 amide bonds. The summed E-state index contributed by atoms with van der Waals surface area (Å²) in [7, 11) is 0. The van der Waals surface area contributed by atoms with Gasteiger partial charge in [0, 0.05) is 12.5 Å². The smallest absolute Gasteiger partial charge is 0.270 e. The number of alkyl halides is 2. The molecule has 2 N–H and O–H groups in total. The zero-order chi connectivity index (χ0) is 12.5. The Morgan fingerprint density at radius 3 is 2.53 bits per heavy atom. The summed E-state index contributed by atoms with van der Waals surface area (Å²) in [5.41, 5.74) is 0.634. The molecule has 0 atom stereocenters. The average molecular weight is 241 g/mol. The Bertz CT molecular complexity index is 395. The van der Waals surface area contributed by atoms with E-state index < -0.39 is 5.92 Å². The van der Waals surface area contributed by atoms with Gasteiger partial charge >= 0.3 is 0 Å². The molecule has 0 bridgehead atoms. The molecule has 2 nitrogen and oxygen atoms in total. The monoisotopic (exact) mass is 241 g/mol. The maximum Gasteiger partial charge on any atom is 0.270 e. The van der Waals surface area contributed by atoms with Crippen LogP contribution in [0.2, 0.25) is 0 Å². The van der Waals surface area contributed by atoms with E-state index in [2.05, 4.69) is 5.32 Å². The minimum atomic E-state index is -2.85. The lowest BCUT2D eigenvalue weighted by Gasteiger charge is -2.24. The summed E-state index contributed by atoms with van der Waals surface area (Å²) < 4.78 is 26.5. The van der Waals surface area contributed by atoms with Crippen molar-refractivity contribution in [3.8, 4) is 5.75 Å². The van der Waals surface area contributed by atoms with Crippen molar-refractivity contribution < 1.29 is 13.9 Å². The van der Waals surface area contributed by atoms with Crippen LogP contribution in [0.1, 0.15) is 36.8 Å². The number of aromatic hydroxyl groups is 1. The number of piperidine rings is 1. The molecule has 0 saturated carbocycles. The van der Waals surface area contributed by atoms with Gasteiger partial charge in [-0.25, -0.2) is 8.78 Å². The summed E-state index contributed by atoms with van der Waals surface area (Å²) in [5.74, 6) is -2.54. The highest BCUT2D eigenvalue weighted by molar-refractivity contribution is 5.40. The highest BCUT2D eigenvalue weighted by atomic mass is 19.3. The van der Waals surface area contributed by atoms with Crippen molar-refractivity contribution in [3.63, 3.8) is 0 Å². The normalized spacial score (nSPS) is 18.3. The molecular weight excluding hydrogens is 224 g/mol. The van der Waals surface area contributed by atoms with Gasteiger partial charge in [-0.1, -0.05) is 0 Å². The molecule has 1 saturated heterocycles. The fourth-order valence-corrected chi connectivity index (χ4v) is 2.29. The van der Waals surface area contributed by atoms with Crippen molar-refractivity contribution >= 4 is 0 Å². The molecule has 4 heteroatoms. The van der Waals surface area contributed by atoms with Gasteiger partial charge in [-0.15, -0.1) is 0 Å². The maximum atomic E-state index is 13.2. The molecule has 1 aromatic carbocycles. The second kappa shape index (κ2) is 4.61. The van der Waals surface area contributed by atoms with Gasteiger partial charge in [0.05, 0.1) is 0 Å². The molecule has 0 spiro atoms. The van der Waals surface area contributed by atoms with E-state index in [0.717, 1.165) is 32.9 Å². The fourth-order valence-electron chi connectivity index (χ4n) is 2.29. The summed E-state index contributed by atoms with van der Waals surface area (Å²) in [6.45, 7) is 2.62. The van der Waals surface area contributed by atoms with E-state index in [9.17, 15) is 13.9 Å². The Morgan fingerprint density at radius 1 is 1.29 bits per heavy atom. The van der Waals surface area contributed by atoms with Crippen molar-refractivity contribution in [3.05, 3.63) is 29.3 Å². The van der Waals surface area contributed by atoms with Crippen LogP contribution in [0.3, 0.4) is 0 Å². The van der Waals surface area contributed by atoms with E-state index in [1.54, 1.807) is 0 Å². The molecule has 2 rings (SSSR count). The number of phenolic OH excluding ortho intramolecular Hbond substituents is 1. The van der Waals surface area contributed by atoms with E-state index in [1.807, 2.05) is 0 Å². The number of nitrogens with one attached hydrogen (secondary N) is 1. The molecule has 1 heterocycles.